The summed E-state index contributed by atoms with van der Waals surface area (Å²) in [7, 11) is 0. The average molecular weight is 734 g/mol. The Balaban J connectivity index is 1.06. The summed E-state index contributed by atoms with van der Waals surface area (Å²) >= 11 is 0. The molecule has 4 aromatic carbocycles. The number of phenols is 1. The number of urea groups is 1. The molecule has 0 unspecified atom stereocenters. The molecule has 4 aliphatic rings. The van der Waals surface area contributed by atoms with Gasteiger partial charge in [0, 0.05) is 50.1 Å². The van der Waals surface area contributed by atoms with Crippen molar-refractivity contribution in [2.45, 2.75) is 25.9 Å². The smallest absolute Gasteiger partial charge is 0.351 e. The molecule has 1 saturated heterocycles. The Morgan fingerprint density at radius 3 is 2.48 bits per heavy atom. The molecule has 3 amide bonds. The highest BCUT2D eigenvalue weighted by molar-refractivity contribution is 6.02. The van der Waals surface area contributed by atoms with Crippen LogP contribution in [0.5, 0.6) is 23.0 Å². The third kappa shape index (κ3) is 7.15. The van der Waals surface area contributed by atoms with Crippen LogP contribution in [0.4, 0.5) is 20.6 Å². The number of carbonyl (C=O) groups excluding carboxylic acids is 2. The summed E-state index contributed by atoms with van der Waals surface area (Å²) < 4.78 is 38.2. The molecule has 1 fully saturated rings. The van der Waals surface area contributed by atoms with E-state index in [1.807, 2.05) is 30.0 Å². The van der Waals surface area contributed by atoms with Gasteiger partial charge in [-0.25, -0.2) is 14.2 Å². The van der Waals surface area contributed by atoms with Crippen molar-refractivity contribution in [2.24, 2.45) is 0 Å². The van der Waals surface area contributed by atoms with Gasteiger partial charge in [0.15, 0.2) is 23.1 Å². The third-order valence-corrected chi connectivity index (χ3v) is 9.99. The number of nitrogens with zero attached hydrogens (tertiary/aromatic N) is 4. The van der Waals surface area contributed by atoms with E-state index in [-0.39, 0.29) is 35.9 Å². The van der Waals surface area contributed by atoms with E-state index in [4.69, 9.17) is 18.9 Å². The number of hydrogen-bond acceptors (Lipinski definition) is 9. The van der Waals surface area contributed by atoms with Crippen molar-refractivity contribution in [3.8, 4) is 23.0 Å². The lowest BCUT2D eigenvalue weighted by Crippen LogP contribution is -2.46. The van der Waals surface area contributed by atoms with Crippen LogP contribution in [0.15, 0.2) is 97.2 Å². The number of fused-ring (bicyclic) bond motifs is 2. The summed E-state index contributed by atoms with van der Waals surface area (Å²) in [5.41, 5.74) is 7.45. The minimum atomic E-state index is -0.633. The number of nitrogens with one attached hydrogen (secondary N) is 1. The highest BCUT2D eigenvalue weighted by atomic mass is 19.1. The molecule has 1 atom stereocenters. The van der Waals surface area contributed by atoms with Crippen molar-refractivity contribution in [1.82, 2.24) is 20.2 Å². The topological polar surface area (TPSA) is 116 Å². The number of hydrogen-bond donors (Lipinski definition) is 2. The molecule has 2 N–H and O–H groups in total. The maximum absolute atomic E-state index is 15.6. The molecular weight excluding hydrogens is 693 g/mol. The Morgan fingerprint density at radius 2 is 1.70 bits per heavy atom. The van der Waals surface area contributed by atoms with Gasteiger partial charge in [-0.1, -0.05) is 24.3 Å². The van der Waals surface area contributed by atoms with Crippen molar-refractivity contribution < 1.29 is 38.0 Å². The standard InChI is InChI=1S/C41H40FN5O7/c1-27-21-28-5-2-3-6-29(28)25-45(27)40(49)34-24-39-38(53-26-54-39)23-33(34)36-7-4-14-46(43-36)41(50)47(30-8-11-32(48)12-9-30)31-10-13-37(35(42)22-31)52-20-17-44-15-18-51-19-16-44/h2-14,22-24,27,43,48H,15-21,25-26H2,1H3/t27-/m1/s1. The summed E-state index contributed by atoms with van der Waals surface area (Å²) in [6.45, 7) is 6.34. The molecular formula is C41H40FN5O7. The lowest BCUT2D eigenvalue weighted by atomic mass is 9.93. The normalized spacial score (nSPS) is 17.7. The molecule has 4 aliphatic heterocycles. The van der Waals surface area contributed by atoms with E-state index in [1.54, 1.807) is 42.5 Å². The Bertz CT molecular complexity index is 2120. The van der Waals surface area contributed by atoms with Crippen LogP contribution in [0.1, 0.15) is 34.0 Å². The van der Waals surface area contributed by atoms with Gasteiger partial charge in [-0.05, 0) is 85.2 Å². The van der Waals surface area contributed by atoms with E-state index in [9.17, 15) is 14.7 Å². The van der Waals surface area contributed by atoms with Gasteiger partial charge in [-0.15, -0.1) is 0 Å². The number of aromatic hydroxyl groups is 1. The monoisotopic (exact) mass is 733 g/mol. The molecule has 0 aliphatic carbocycles. The van der Waals surface area contributed by atoms with Crippen LogP contribution in [0.25, 0.3) is 5.70 Å². The van der Waals surface area contributed by atoms with Crippen LogP contribution in [0.3, 0.4) is 0 Å². The second-order valence-corrected chi connectivity index (χ2v) is 13.5. The minimum Gasteiger partial charge on any atom is -0.508 e. The number of halogens is 1. The van der Waals surface area contributed by atoms with Crippen molar-refractivity contribution in [3.05, 3.63) is 125 Å². The predicted octanol–water partition coefficient (Wildman–Crippen LogP) is 6.19. The molecule has 8 rings (SSSR count). The van der Waals surface area contributed by atoms with Gasteiger partial charge in [0.2, 0.25) is 6.79 Å². The molecule has 0 saturated carbocycles. The number of allylic oxidation sites excluding steroid dienone is 2. The number of morpholine rings is 1. The van der Waals surface area contributed by atoms with Crippen LogP contribution < -0.4 is 24.5 Å². The lowest BCUT2D eigenvalue weighted by molar-refractivity contribution is 0.0320. The first kappa shape index (κ1) is 35.0. The fraction of sp³-hybridized carbons (Fsp3) is 0.268. The summed E-state index contributed by atoms with van der Waals surface area (Å²) in [6, 6.07) is 21.3. The Labute approximate surface area is 312 Å². The molecule has 278 valence electrons. The molecule has 4 heterocycles. The Hall–Kier alpha value is -6.05. The van der Waals surface area contributed by atoms with E-state index < -0.39 is 11.8 Å². The fourth-order valence-corrected chi connectivity index (χ4v) is 7.07. The predicted molar refractivity (Wildman–Crippen MR) is 199 cm³/mol. The van der Waals surface area contributed by atoms with Gasteiger partial charge in [0.1, 0.15) is 12.4 Å². The average Bonchev–Trinajstić information content (AvgIpc) is 3.67. The van der Waals surface area contributed by atoms with Crippen molar-refractivity contribution >= 4 is 29.0 Å². The van der Waals surface area contributed by atoms with Crippen LogP contribution in [-0.4, -0.2) is 84.1 Å². The second-order valence-electron chi connectivity index (χ2n) is 13.5. The number of carbonyl (C=O) groups is 2. The number of anilines is 2. The molecule has 0 bridgehead atoms. The van der Waals surface area contributed by atoms with Gasteiger partial charge in [0.05, 0.1) is 35.8 Å². The summed E-state index contributed by atoms with van der Waals surface area (Å²) in [4.78, 5) is 34.2. The van der Waals surface area contributed by atoms with E-state index in [2.05, 4.69) is 16.4 Å². The van der Waals surface area contributed by atoms with Crippen LogP contribution in [0.2, 0.25) is 0 Å². The number of ether oxygens (including phenoxy) is 4. The quantitative estimate of drug-likeness (QED) is 0.219. The highest BCUT2D eigenvalue weighted by Gasteiger charge is 2.33. The van der Waals surface area contributed by atoms with Crippen molar-refractivity contribution in [1.29, 1.82) is 0 Å². The van der Waals surface area contributed by atoms with Crippen molar-refractivity contribution in [3.63, 3.8) is 0 Å². The molecule has 13 heteroatoms. The number of rotatable bonds is 8. The van der Waals surface area contributed by atoms with E-state index in [0.29, 0.717) is 66.9 Å². The number of benzene rings is 4. The second kappa shape index (κ2) is 15.1. The zero-order valence-electron chi connectivity index (χ0n) is 29.7. The van der Waals surface area contributed by atoms with Gasteiger partial charge >= 0.3 is 6.03 Å². The van der Waals surface area contributed by atoms with E-state index >= 15 is 4.39 Å². The highest BCUT2D eigenvalue weighted by Crippen LogP contribution is 2.39. The zero-order chi connectivity index (χ0) is 37.2. The van der Waals surface area contributed by atoms with Crippen molar-refractivity contribution in [2.75, 3.05) is 51.1 Å². The SMILES string of the molecule is C[C@@H]1Cc2ccccc2CN1C(=O)c1cc2c(cc1C1=CC=CN(C(=O)N(c3ccc(O)cc3)c3ccc(OCCN4CCOCC4)c(F)c3)N1)OCO2. The first-order valence-corrected chi connectivity index (χ1v) is 17.9. The first-order valence-electron chi connectivity index (χ1n) is 17.9. The Kier molecular flexibility index (Phi) is 9.81. The molecule has 0 spiro atoms. The van der Waals surface area contributed by atoms with Crippen LogP contribution >= 0.6 is 0 Å². The van der Waals surface area contributed by atoms with Gasteiger partial charge in [-0.2, -0.15) is 0 Å². The lowest BCUT2D eigenvalue weighted by Gasteiger charge is -2.36. The summed E-state index contributed by atoms with van der Waals surface area (Å²) in [6.07, 6.45) is 5.71. The molecule has 4 aromatic rings. The zero-order valence-corrected chi connectivity index (χ0v) is 29.7. The first-order chi connectivity index (χ1) is 26.3. The largest absolute Gasteiger partial charge is 0.508 e. The van der Waals surface area contributed by atoms with Crippen LogP contribution in [0, 0.1) is 5.82 Å². The third-order valence-electron chi connectivity index (χ3n) is 9.99. The molecule has 12 nitrogen and oxygen atoms in total. The maximum atomic E-state index is 15.6. The molecule has 0 aromatic heterocycles. The molecule has 0 radical (unpaired) electrons. The number of phenolic OH excluding ortho intramolecular Hbond substituents is 1. The summed E-state index contributed by atoms with van der Waals surface area (Å²) in [5, 5.41) is 11.3. The van der Waals surface area contributed by atoms with E-state index in [0.717, 1.165) is 25.1 Å². The molecule has 54 heavy (non-hydrogen) atoms. The van der Waals surface area contributed by atoms with Gasteiger partial charge in [0.25, 0.3) is 5.91 Å². The van der Waals surface area contributed by atoms with Gasteiger partial charge in [-0.3, -0.25) is 20.0 Å². The number of hydrazine groups is 1. The van der Waals surface area contributed by atoms with Crippen LogP contribution in [-0.2, 0) is 17.7 Å². The van der Waals surface area contributed by atoms with Gasteiger partial charge < -0.3 is 29.0 Å². The summed E-state index contributed by atoms with van der Waals surface area (Å²) in [5.74, 6) is 0.191. The minimum absolute atomic E-state index is 0.00840. The fourth-order valence-electron chi connectivity index (χ4n) is 7.07. The Morgan fingerprint density at radius 1 is 0.963 bits per heavy atom. The number of amides is 3. The maximum Gasteiger partial charge on any atom is 0.351 e. The van der Waals surface area contributed by atoms with E-state index in [1.165, 1.54) is 45.9 Å².